The summed E-state index contributed by atoms with van der Waals surface area (Å²) in [5, 5.41) is 11.9. The van der Waals surface area contributed by atoms with Crippen molar-refractivity contribution in [3.63, 3.8) is 0 Å². The molecule has 1 rings (SSSR count). The van der Waals surface area contributed by atoms with Gasteiger partial charge in [0.15, 0.2) is 0 Å². The highest BCUT2D eigenvalue weighted by Gasteiger charge is 2.34. The highest BCUT2D eigenvalue weighted by molar-refractivity contribution is 5.90. The first-order valence-corrected chi connectivity index (χ1v) is 9.77. The molecule has 0 aliphatic carbocycles. The summed E-state index contributed by atoms with van der Waals surface area (Å²) in [5.74, 6) is -1.37. The minimum absolute atomic E-state index is 0.0652. The molecule has 2 atom stereocenters. The van der Waals surface area contributed by atoms with Gasteiger partial charge in [0, 0.05) is 25.2 Å². The third-order valence-corrected chi connectivity index (χ3v) is 5.13. The number of hydrogen-bond donors (Lipinski definition) is 2. The van der Waals surface area contributed by atoms with Gasteiger partial charge in [-0.2, -0.15) is 0 Å². The van der Waals surface area contributed by atoms with Crippen LogP contribution in [0.2, 0.25) is 0 Å². The number of piperidine rings is 1. The largest absolute Gasteiger partial charge is 0.478 e. The van der Waals surface area contributed by atoms with Crippen molar-refractivity contribution in [3.05, 3.63) is 11.6 Å². The number of carboxylic acid groups (broad SMARTS) is 1. The van der Waals surface area contributed by atoms with Gasteiger partial charge in [0.1, 0.15) is 6.04 Å². The van der Waals surface area contributed by atoms with Gasteiger partial charge in [0.2, 0.25) is 11.8 Å². The van der Waals surface area contributed by atoms with Gasteiger partial charge in [-0.3, -0.25) is 14.5 Å². The van der Waals surface area contributed by atoms with Crippen LogP contribution < -0.4 is 5.32 Å². The van der Waals surface area contributed by atoms with Gasteiger partial charge in [0.05, 0.1) is 6.04 Å². The Morgan fingerprint density at radius 1 is 1.22 bits per heavy atom. The van der Waals surface area contributed by atoms with Crippen molar-refractivity contribution in [2.75, 3.05) is 20.1 Å². The molecule has 2 N–H and O–H groups in total. The van der Waals surface area contributed by atoms with E-state index in [-0.39, 0.29) is 41.9 Å². The Hall–Kier alpha value is -1.89. The lowest BCUT2D eigenvalue weighted by Crippen LogP contribution is -2.57. The Morgan fingerprint density at radius 3 is 2.37 bits per heavy atom. The van der Waals surface area contributed by atoms with Crippen LogP contribution in [0.1, 0.15) is 53.9 Å². The molecular weight excluding hydrogens is 346 g/mol. The molecule has 27 heavy (non-hydrogen) atoms. The second-order valence-corrected chi connectivity index (χ2v) is 7.98. The van der Waals surface area contributed by atoms with E-state index in [1.54, 1.807) is 7.05 Å². The number of rotatable bonds is 8. The second-order valence-electron chi connectivity index (χ2n) is 7.98. The smallest absolute Gasteiger partial charge is 0.331 e. The first-order valence-electron chi connectivity index (χ1n) is 9.77. The molecule has 2 unspecified atom stereocenters. The summed E-state index contributed by atoms with van der Waals surface area (Å²) >= 11 is 0. The van der Waals surface area contributed by atoms with Crippen molar-refractivity contribution in [2.45, 2.75) is 72.0 Å². The minimum atomic E-state index is -1.00. The molecule has 0 bridgehead atoms. The van der Waals surface area contributed by atoms with Crippen molar-refractivity contribution in [2.24, 2.45) is 5.92 Å². The molecule has 1 aliphatic rings. The van der Waals surface area contributed by atoms with E-state index in [4.69, 9.17) is 5.11 Å². The number of nitrogens with one attached hydrogen (secondary N) is 1. The first-order chi connectivity index (χ1) is 12.6. The number of carbonyl (C=O) groups is 3. The normalized spacial score (nSPS) is 19.9. The Bertz CT molecular complexity index is 572. The fourth-order valence-corrected chi connectivity index (χ4v) is 3.31. The summed E-state index contributed by atoms with van der Waals surface area (Å²) in [6.45, 7) is 10.5. The van der Waals surface area contributed by atoms with Crippen molar-refractivity contribution >= 4 is 17.8 Å². The van der Waals surface area contributed by atoms with Crippen molar-refractivity contribution < 1.29 is 19.5 Å². The zero-order valence-corrected chi connectivity index (χ0v) is 17.5. The Kier molecular flexibility index (Phi) is 8.96. The van der Waals surface area contributed by atoms with E-state index in [1.165, 1.54) is 17.9 Å². The summed E-state index contributed by atoms with van der Waals surface area (Å²) in [7, 11) is 1.62. The summed E-state index contributed by atoms with van der Waals surface area (Å²) in [6, 6.07) is -0.551. The van der Waals surface area contributed by atoms with Crippen LogP contribution in [0.25, 0.3) is 0 Å². The van der Waals surface area contributed by atoms with Gasteiger partial charge in [-0.1, -0.05) is 26.3 Å². The molecule has 0 radical (unpaired) electrons. The Morgan fingerprint density at radius 2 is 1.85 bits per heavy atom. The zero-order chi connectivity index (χ0) is 20.7. The van der Waals surface area contributed by atoms with Crippen LogP contribution in [0.4, 0.5) is 0 Å². The summed E-state index contributed by atoms with van der Waals surface area (Å²) in [6.07, 6.45) is 4.41. The maximum atomic E-state index is 12.9. The van der Waals surface area contributed by atoms with Gasteiger partial charge in [-0.05, 0) is 46.1 Å². The molecule has 0 aromatic rings. The molecule has 1 saturated heterocycles. The lowest BCUT2D eigenvalue weighted by Gasteiger charge is -2.38. The molecule has 0 aromatic carbocycles. The number of carbonyl (C=O) groups excluding carboxylic acids is 2. The van der Waals surface area contributed by atoms with Crippen LogP contribution in [0.5, 0.6) is 0 Å². The molecule has 1 fully saturated rings. The number of hydrogen-bond acceptors (Lipinski definition) is 4. The van der Waals surface area contributed by atoms with E-state index in [1.807, 2.05) is 13.8 Å². The van der Waals surface area contributed by atoms with Gasteiger partial charge < -0.3 is 15.3 Å². The highest BCUT2D eigenvalue weighted by Crippen LogP contribution is 2.20. The van der Waals surface area contributed by atoms with Crippen LogP contribution in [0.3, 0.4) is 0 Å². The monoisotopic (exact) mass is 381 g/mol. The van der Waals surface area contributed by atoms with E-state index in [9.17, 15) is 14.4 Å². The Labute approximate surface area is 162 Å². The number of carboxylic acids is 1. The standard InChI is InChI=1S/C20H35N3O4/c1-13(2)17(19(25)22(6)12-10-15(5)20(26)27)21-18(24)16-9-7-8-11-23(16)14(3)4/h10,13-14,16-17H,7-9,11-12H2,1-6H3,(H,21,24)(H,26,27)/b15-10+. The molecule has 1 aliphatic heterocycles. The number of nitrogens with zero attached hydrogens (tertiary/aromatic N) is 2. The van der Waals surface area contributed by atoms with Gasteiger partial charge in [-0.15, -0.1) is 0 Å². The van der Waals surface area contributed by atoms with Crippen molar-refractivity contribution in [3.8, 4) is 0 Å². The van der Waals surface area contributed by atoms with Gasteiger partial charge in [0.25, 0.3) is 0 Å². The molecule has 7 heteroatoms. The average molecular weight is 382 g/mol. The number of likely N-dealkylation sites (tertiary alicyclic amines) is 1. The van der Waals surface area contributed by atoms with Gasteiger partial charge >= 0.3 is 5.97 Å². The third kappa shape index (κ3) is 6.65. The predicted molar refractivity (Wildman–Crippen MR) is 105 cm³/mol. The molecule has 0 saturated carbocycles. The number of likely N-dealkylation sites (N-methyl/N-ethyl adjacent to an activating group) is 1. The molecule has 2 amide bonds. The molecular formula is C20H35N3O4. The summed E-state index contributed by atoms with van der Waals surface area (Å²) < 4.78 is 0. The van der Waals surface area contributed by atoms with Crippen LogP contribution in [0, 0.1) is 5.92 Å². The second kappa shape index (κ2) is 10.4. The van der Waals surface area contributed by atoms with Gasteiger partial charge in [-0.25, -0.2) is 4.79 Å². The van der Waals surface area contributed by atoms with Crippen LogP contribution >= 0.6 is 0 Å². The minimum Gasteiger partial charge on any atom is -0.478 e. The number of aliphatic carboxylic acids is 1. The quantitative estimate of drug-likeness (QED) is 0.627. The SMILES string of the molecule is C/C(=C\CN(C)C(=O)C(NC(=O)C1CCCCN1C(C)C)C(C)C)C(=O)O. The fourth-order valence-electron chi connectivity index (χ4n) is 3.31. The lowest BCUT2D eigenvalue weighted by atomic mass is 9.97. The molecule has 0 spiro atoms. The molecule has 7 nitrogen and oxygen atoms in total. The Balaban J connectivity index is 2.82. The van der Waals surface area contributed by atoms with Crippen LogP contribution in [-0.4, -0.2) is 71.0 Å². The zero-order valence-electron chi connectivity index (χ0n) is 17.5. The predicted octanol–water partition coefficient (Wildman–Crippen LogP) is 1.88. The maximum absolute atomic E-state index is 12.9. The van der Waals surface area contributed by atoms with E-state index in [0.717, 1.165) is 25.8 Å². The van der Waals surface area contributed by atoms with Crippen molar-refractivity contribution in [1.82, 2.24) is 15.1 Å². The third-order valence-electron chi connectivity index (χ3n) is 5.13. The van der Waals surface area contributed by atoms with E-state index >= 15 is 0 Å². The van der Waals surface area contributed by atoms with E-state index in [0.29, 0.717) is 0 Å². The lowest BCUT2D eigenvalue weighted by molar-refractivity contribution is -0.138. The number of amides is 2. The maximum Gasteiger partial charge on any atom is 0.331 e. The fraction of sp³-hybridized carbons (Fsp3) is 0.750. The van der Waals surface area contributed by atoms with Crippen LogP contribution in [-0.2, 0) is 14.4 Å². The molecule has 1 heterocycles. The molecule has 154 valence electrons. The first kappa shape index (κ1) is 23.1. The summed E-state index contributed by atoms with van der Waals surface area (Å²) in [4.78, 5) is 40.3. The van der Waals surface area contributed by atoms with E-state index < -0.39 is 12.0 Å². The average Bonchev–Trinajstić information content (AvgIpc) is 2.62. The van der Waals surface area contributed by atoms with Crippen molar-refractivity contribution in [1.29, 1.82) is 0 Å². The van der Waals surface area contributed by atoms with E-state index in [2.05, 4.69) is 24.1 Å². The topological polar surface area (TPSA) is 90.0 Å². The highest BCUT2D eigenvalue weighted by atomic mass is 16.4. The summed E-state index contributed by atoms with van der Waals surface area (Å²) in [5.41, 5.74) is 0.189. The molecule has 0 aromatic heterocycles. The van der Waals surface area contributed by atoms with Crippen LogP contribution in [0.15, 0.2) is 11.6 Å².